The molecule has 1 heterocycles. The fraction of sp³-hybridized carbons (Fsp3) is 0.333. The standard InChI is InChI=1S/C12H15ClN2/c1-14-8-7-10-9-5-3-4-6-11(9)15(2)12(10)13/h3-6,14H,7-8H2,1-2H3. The van der Waals surface area contributed by atoms with E-state index >= 15 is 0 Å². The van der Waals surface area contributed by atoms with Gasteiger partial charge in [-0.25, -0.2) is 0 Å². The maximum atomic E-state index is 6.31. The summed E-state index contributed by atoms with van der Waals surface area (Å²) >= 11 is 6.31. The van der Waals surface area contributed by atoms with E-state index in [-0.39, 0.29) is 0 Å². The molecule has 80 valence electrons. The monoisotopic (exact) mass is 222 g/mol. The Balaban J connectivity index is 2.56. The number of likely N-dealkylation sites (N-methyl/N-ethyl adjacent to an activating group) is 1. The summed E-state index contributed by atoms with van der Waals surface area (Å²) in [5, 5.41) is 5.27. The van der Waals surface area contributed by atoms with Gasteiger partial charge >= 0.3 is 0 Å². The van der Waals surface area contributed by atoms with Gasteiger partial charge in [-0.15, -0.1) is 0 Å². The van der Waals surface area contributed by atoms with Crippen molar-refractivity contribution in [2.75, 3.05) is 13.6 Å². The molecule has 2 aromatic rings. The fourth-order valence-electron chi connectivity index (χ4n) is 1.93. The van der Waals surface area contributed by atoms with Crippen LogP contribution in [-0.2, 0) is 13.5 Å². The van der Waals surface area contributed by atoms with Crippen molar-refractivity contribution in [3.63, 3.8) is 0 Å². The zero-order chi connectivity index (χ0) is 10.8. The van der Waals surface area contributed by atoms with Crippen molar-refractivity contribution in [3.05, 3.63) is 35.0 Å². The Morgan fingerprint density at radius 1 is 1.33 bits per heavy atom. The van der Waals surface area contributed by atoms with E-state index in [1.807, 2.05) is 24.7 Å². The summed E-state index contributed by atoms with van der Waals surface area (Å²) in [5.41, 5.74) is 2.44. The smallest absolute Gasteiger partial charge is 0.113 e. The highest BCUT2D eigenvalue weighted by Crippen LogP contribution is 2.28. The number of hydrogen-bond acceptors (Lipinski definition) is 1. The molecule has 0 amide bonds. The number of benzene rings is 1. The molecule has 0 aliphatic carbocycles. The molecule has 1 aromatic carbocycles. The average Bonchev–Trinajstić information content (AvgIpc) is 2.51. The first kappa shape index (κ1) is 10.5. The average molecular weight is 223 g/mol. The quantitative estimate of drug-likeness (QED) is 0.845. The van der Waals surface area contributed by atoms with Crippen LogP contribution in [0.4, 0.5) is 0 Å². The first-order valence-electron chi connectivity index (χ1n) is 5.12. The van der Waals surface area contributed by atoms with Gasteiger partial charge in [0.2, 0.25) is 0 Å². The molecule has 0 fully saturated rings. The van der Waals surface area contributed by atoms with Crippen molar-refractivity contribution in [3.8, 4) is 0 Å². The molecule has 0 atom stereocenters. The second-order valence-electron chi connectivity index (χ2n) is 3.70. The van der Waals surface area contributed by atoms with Crippen LogP contribution in [-0.4, -0.2) is 18.2 Å². The molecular weight excluding hydrogens is 208 g/mol. The van der Waals surface area contributed by atoms with Gasteiger partial charge in [-0.1, -0.05) is 29.8 Å². The number of hydrogen-bond donors (Lipinski definition) is 1. The molecular formula is C12H15ClN2. The van der Waals surface area contributed by atoms with Crippen LogP contribution in [0.2, 0.25) is 5.15 Å². The van der Waals surface area contributed by atoms with Gasteiger partial charge in [-0.05, 0) is 31.6 Å². The Labute approximate surface area is 94.8 Å². The first-order chi connectivity index (χ1) is 7.25. The van der Waals surface area contributed by atoms with Crippen LogP contribution >= 0.6 is 11.6 Å². The zero-order valence-corrected chi connectivity index (χ0v) is 9.80. The van der Waals surface area contributed by atoms with Gasteiger partial charge < -0.3 is 9.88 Å². The predicted molar refractivity (Wildman–Crippen MR) is 65.6 cm³/mol. The van der Waals surface area contributed by atoms with Crippen LogP contribution < -0.4 is 5.32 Å². The largest absolute Gasteiger partial charge is 0.335 e. The van der Waals surface area contributed by atoms with E-state index in [9.17, 15) is 0 Å². The third kappa shape index (κ3) is 1.75. The molecule has 0 saturated heterocycles. The summed E-state index contributed by atoms with van der Waals surface area (Å²) in [5.74, 6) is 0. The Bertz CT molecular complexity index is 474. The van der Waals surface area contributed by atoms with Gasteiger partial charge in [0.05, 0.1) is 0 Å². The minimum absolute atomic E-state index is 0.853. The highest BCUT2D eigenvalue weighted by atomic mass is 35.5. The summed E-state index contributed by atoms with van der Waals surface area (Å²) in [6.45, 7) is 0.952. The Morgan fingerprint density at radius 2 is 2.07 bits per heavy atom. The number of fused-ring (bicyclic) bond motifs is 1. The van der Waals surface area contributed by atoms with E-state index in [4.69, 9.17) is 11.6 Å². The molecule has 0 saturated carbocycles. The minimum Gasteiger partial charge on any atom is -0.335 e. The van der Waals surface area contributed by atoms with Crippen LogP contribution in [0.25, 0.3) is 10.9 Å². The highest BCUT2D eigenvalue weighted by Gasteiger charge is 2.11. The fourth-order valence-corrected chi connectivity index (χ4v) is 2.22. The first-order valence-corrected chi connectivity index (χ1v) is 5.50. The van der Waals surface area contributed by atoms with Gasteiger partial charge in [0.1, 0.15) is 5.15 Å². The van der Waals surface area contributed by atoms with E-state index < -0.39 is 0 Å². The molecule has 0 aliphatic rings. The lowest BCUT2D eigenvalue weighted by Crippen LogP contribution is -2.10. The van der Waals surface area contributed by atoms with Crippen LogP contribution in [0.1, 0.15) is 5.56 Å². The normalized spacial score (nSPS) is 11.1. The summed E-state index contributed by atoms with van der Waals surface area (Å²) < 4.78 is 2.04. The third-order valence-electron chi connectivity index (χ3n) is 2.76. The number of nitrogens with one attached hydrogen (secondary N) is 1. The Kier molecular flexibility index (Phi) is 2.98. The molecule has 0 radical (unpaired) electrons. The van der Waals surface area contributed by atoms with Crippen molar-refractivity contribution < 1.29 is 0 Å². The lowest BCUT2D eigenvalue weighted by Gasteiger charge is -1.99. The Hall–Kier alpha value is -0.990. The number of halogens is 1. The zero-order valence-electron chi connectivity index (χ0n) is 9.05. The number of para-hydroxylation sites is 1. The molecule has 1 N–H and O–H groups in total. The Morgan fingerprint density at radius 3 is 2.80 bits per heavy atom. The summed E-state index contributed by atoms with van der Waals surface area (Å²) in [6, 6.07) is 8.33. The van der Waals surface area contributed by atoms with Gasteiger partial charge in [-0.3, -0.25) is 0 Å². The lowest BCUT2D eigenvalue weighted by molar-refractivity contribution is 0.791. The van der Waals surface area contributed by atoms with Crippen molar-refractivity contribution in [2.45, 2.75) is 6.42 Å². The summed E-state index contributed by atoms with van der Waals surface area (Å²) in [6.07, 6.45) is 0.969. The van der Waals surface area contributed by atoms with Crippen LogP contribution in [0.5, 0.6) is 0 Å². The van der Waals surface area contributed by atoms with Crippen molar-refractivity contribution in [2.24, 2.45) is 7.05 Å². The van der Waals surface area contributed by atoms with E-state index in [1.165, 1.54) is 16.5 Å². The highest BCUT2D eigenvalue weighted by molar-refractivity contribution is 6.32. The predicted octanol–water partition coefficient (Wildman–Crippen LogP) is 2.59. The maximum Gasteiger partial charge on any atom is 0.113 e. The number of aryl methyl sites for hydroxylation is 1. The number of aromatic nitrogens is 1. The summed E-state index contributed by atoms with van der Waals surface area (Å²) in [4.78, 5) is 0. The SMILES string of the molecule is CNCCc1c(Cl)n(C)c2ccccc12. The van der Waals surface area contributed by atoms with Crippen LogP contribution in [0.15, 0.2) is 24.3 Å². The van der Waals surface area contributed by atoms with Gasteiger partial charge in [0.15, 0.2) is 0 Å². The second kappa shape index (κ2) is 4.25. The van der Waals surface area contributed by atoms with E-state index in [2.05, 4.69) is 23.5 Å². The molecule has 15 heavy (non-hydrogen) atoms. The minimum atomic E-state index is 0.853. The number of rotatable bonds is 3. The van der Waals surface area contributed by atoms with E-state index in [0.29, 0.717) is 0 Å². The number of nitrogens with zero attached hydrogens (tertiary/aromatic N) is 1. The summed E-state index contributed by atoms with van der Waals surface area (Å²) in [7, 11) is 3.96. The van der Waals surface area contributed by atoms with Crippen molar-refractivity contribution >= 4 is 22.5 Å². The van der Waals surface area contributed by atoms with Crippen molar-refractivity contribution in [1.82, 2.24) is 9.88 Å². The van der Waals surface area contributed by atoms with E-state index in [0.717, 1.165) is 18.1 Å². The molecule has 2 nitrogen and oxygen atoms in total. The van der Waals surface area contributed by atoms with Crippen LogP contribution in [0.3, 0.4) is 0 Å². The van der Waals surface area contributed by atoms with Crippen molar-refractivity contribution in [1.29, 1.82) is 0 Å². The molecule has 0 unspecified atom stereocenters. The molecule has 0 spiro atoms. The van der Waals surface area contributed by atoms with Gasteiger partial charge in [0.25, 0.3) is 0 Å². The second-order valence-corrected chi connectivity index (χ2v) is 4.06. The molecule has 2 rings (SSSR count). The maximum absolute atomic E-state index is 6.31. The molecule has 0 aliphatic heterocycles. The third-order valence-corrected chi connectivity index (χ3v) is 3.24. The topological polar surface area (TPSA) is 17.0 Å². The lowest BCUT2D eigenvalue weighted by atomic mass is 10.1. The molecule has 1 aromatic heterocycles. The molecule has 3 heteroatoms. The van der Waals surface area contributed by atoms with Gasteiger partial charge in [-0.2, -0.15) is 0 Å². The van der Waals surface area contributed by atoms with E-state index in [1.54, 1.807) is 0 Å². The van der Waals surface area contributed by atoms with Crippen LogP contribution in [0, 0.1) is 0 Å². The van der Waals surface area contributed by atoms with Gasteiger partial charge in [0, 0.05) is 18.0 Å². The molecule has 0 bridgehead atoms.